The van der Waals surface area contributed by atoms with Crippen LogP contribution in [0.25, 0.3) is 6.08 Å². The molecule has 1 rings (SSSR count). The molecule has 1 aromatic rings. The van der Waals surface area contributed by atoms with Gasteiger partial charge in [0.05, 0.1) is 0 Å². The van der Waals surface area contributed by atoms with Crippen molar-refractivity contribution in [3.63, 3.8) is 0 Å². The highest BCUT2D eigenvalue weighted by molar-refractivity contribution is 5.94. The third-order valence-corrected chi connectivity index (χ3v) is 2.77. The number of carboxylic acids is 2. The molecule has 0 aliphatic rings. The third kappa shape index (κ3) is 6.38. The average Bonchev–Trinajstić information content (AvgIpc) is 2.42. The SMILES string of the molecule is Cc1ccc(/C=C/C(=O)N[C@@H](CCC(=O)O)C(=O)O)cc1. The van der Waals surface area contributed by atoms with Gasteiger partial charge in [-0.05, 0) is 25.0 Å². The zero-order valence-corrected chi connectivity index (χ0v) is 11.6. The number of nitrogens with one attached hydrogen (secondary N) is 1. The van der Waals surface area contributed by atoms with E-state index in [4.69, 9.17) is 10.2 Å². The Kier molecular flexibility index (Phi) is 6.13. The van der Waals surface area contributed by atoms with Crippen LogP contribution in [0.15, 0.2) is 30.3 Å². The minimum absolute atomic E-state index is 0.158. The molecule has 6 heteroatoms. The molecule has 0 heterocycles. The molecule has 6 nitrogen and oxygen atoms in total. The summed E-state index contributed by atoms with van der Waals surface area (Å²) < 4.78 is 0. The lowest BCUT2D eigenvalue weighted by molar-refractivity contribution is -0.142. The van der Waals surface area contributed by atoms with Crippen molar-refractivity contribution in [3.05, 3.63) is 41.5 Å². The second-order valence-corrected chi connectivity index (χ2v) is 4.58. The summed E-state index contributed by atoms with van der Waals surface area (Å²) in [6.07, 6.45) is 2.31. The van der Waals surface area contributed by atoms with Crippen molar-refractivity contribution in [3.8, 4) is 0 Å². The molecule has 0 aliphatic heterocycles. The maximum absolute atomic E-state index is 11.6. The predicted molar refractivity (Wildman–Crippen MR) is 76.6 cm³/mol. The summed E-state index contributed by atoms with van der Waals surface area (Å²) in [5.74, 6) is -2.94. The monoisotopic (exact) mass is 291 g/mol. The largest absolute Gasteiger partial charge is 0.481 e. The van der Waals surface area contributed by atoms with Crippen LogP contribution in [-0.2, 0) is 14.4 Å². The highest BCUT2D eigenvalue weighted by Gasteiger charge is 2.19. The van der Waals surface area contributed by atoms with Crippen molar-refractivity contribution < 1.29 is 24.6 Å². The van der Waals surface area contributed by atoms with Crippen LogP contribution in [0.5, 0.6) is 0 Å². The molecule has 0 unspecified atom stereocenters. The summed E-state index contributed by atoms with van der Waals surface area (Å²) in [5, 5.41) is 19.7. The summed E-state index contributed by atoms with van der Waals surface area (Å²) in [4.78, 5) is 33.0. The summed E-state index contributed by atoms with van der Waals surface area (Å²) in [6.45, 7) is 1.94. The summed E-state index contributed by atoms with van der Waals surface area (Å²) in [5.41, 5.74) is 1.91. The van der Waals surface area contributed by atoms with E-state index >= 15 is 0 Å². The average molecular weight is 291 g/mol. The number of hydrogen-bond donors (Lipinski definition) is 3. The Morgan fingerprint density at radius 2 is 1.81 bits per heavy atom. The molecule has 1 atom stereocenters. The first-order valence-electron chi connectivity index (χ1n) is 6.38. The van der Waals surface area contributed by atoms with Gasteiger partial charge in [-0.3, -0.25) is 9.59 Å². The molecule has 1 aromatic carbocycles. The van der Waals surface area contributed by atoms with E-state index in [1.807, 2.05) is 31.2 Å². The van der Waals surface area contributed by atoms with Crippen molar-refractivity contribution in [2.45, 2.75) is 25.8 Å². The van der Waals surface area contributed by atoms with Crippen LogP contribution in [0.1, 0.15) is 24.0 Å². The Bertz CT molecular complexity index is 548. The van der Waals surface area contributed by atoms with Gasteiger partial charge in [-0.2, -0.15) is 0 Å². The second kappa shape index (κ2) is 7.84. The number of carbonyl (C=O) groups is 3. The minimum atomic E-state index is -1.26. The van der Waals surface area contributed by atoms with Gasteiger partial charge in [0, 0.05) is 12.5 Å². The highest BCUT2D eigenvalue weighted by Crippen LogP contribution is 2.05. The van der Waals surface area contributed by atoms with Gasteiger partial charge >= 0.3 is 11.9 Å². The van der Waals surface area contributed by atoms with E-state index < -0.39 is 23.9 Å². The van der Waals surface area contributed by atoms with Crippen LogP contribution in [0.3, 0.4) is 0 Å². The number of carbonyl (C=O) groups excluding carboxylic acids is 1. The summed E-state index contributed by atoms with van der Waals surface area (Å²) in [6, 6.07) is 6.24. The van der Waals surface area contributed by atoms with Gasteiger partial charge in [-0.15, -0.1) is 0 Å². The Hall–Kier alpha value is -2.63. The number of benzene rings is 1. The molecule has 112 valence electrons. The second-order valence-electron chi connectivity index (χ2n) is 4.58. The first-order chi connectivity index (χ1) is 9.88. The molecule has 0 saturated heterocycles. The van der Waals surface area contributed by atoms with Crippen LogP contribution in [0, 0.1) is 6.92 Å². The fraction of sp³-hybridized carbons (Fsp3) is 0.267. The van der Waals surface area contributed by atoms with Gasteiger partial charge in [-0.1, -0.05) is 29.8 Å². The molecule has 3 N–H and O–H groups in total. The Morgan fingerprint density at radius 3 is 2.33 bits per heavy atom. The van der Waals surface area contributed by atoms with Crippen molar-refractivity contribution in [2.24, 2.45) is 0 Å². The van der Waals surface area contributed by atoms with Gasteiger partial charge in [0.15, 0.2) is 0 Å². The number of amides is 1. The summed E-state index contributed by atoms with van der Waals surface area (Å²) in [7, 11) is 0. The molecule has 0 saturated carbocycles. The standard InChI is InChI=1S/C15H17NO5/c1-10-2-4-11(5-3-10)6-8-13(17)16-12(15(20)21)7-9-14(18)19/h2-6,8,12H,7,9H2,1H3,(H,16,17)(H,18,19)(H,20,21)/b8-6+/t12-/m0/s1. The van der Waals surface area contributed by atoms with E-state index in [0.717, 1.165) is 11.1 Å². The van der Waals surface area contributed by atoms with E-state index in [0.29, 0.717) is 0 Å². The number of hydrogen-bond acceptors (Lipinski definition) is 3. The van der Waals surface area contributed by atoms with E-state index in [2.05, 4.69) is 5.32 Å². The van der Waals surface area contributed by atoms with Crippen molar-refractivity contribution >= 4 is 23.9 Å². The maximum atomic E-state index is 11.6. The number of carboxylic acid groups (broad SMARTS) is 2. The maximum Gasteiger partial charge on any atom is 0.326 e. The lowest BCUT2D eigenvalue weighted by atomic mass is 10.1. The number of aliphatic carboxylic acids is 2. The molecular formula is C15H17NO5. The zero-order valence-electron chi connectivity index (χ0n) is 11.6. The first-order valence-corrected chi connectivity index (χ1v) is 6.38. The highest BCUT2D eigenvalue weighted by atomic mass is 16.4. The van der Waals surface area contributed by atoms with Gasteiger partial charge in [0.2, 0.25) is 5.91 Å². The third-order valence-electron chi connectivity index (χ3n) is 2.77. The topological polar surface area (TPSA) is 104 Å². The minimum Gasteiger partial charge on any atom is -0.481 e. The zero-order chi connectivity index (χ0) is 15.8. The van der Waals surface area contributed by atoms with Crippen LogP contribution in [-0.4, -0.2) is 34.1 Å². The van der Waals surface area contributed by atoms with Gasteiger partial charge in [-0.25, -0.2) is 4.79 Å². The predicted octanol–water partition coefficient (Wildman–Crippen LogP) is 1.44. The smallest absolute Gasteiger partial charge is 0.326 e. The quantitative estimate of drug-likeness (QED) is 0.659. The fourth-order valence-corrected chi connectivity index (χ4v) is 1.59. The van der Waals surface area contributed by atoms with E-state index in [1.54, 1.807) is 6.08 Å². The fourth-order valence-electron chi connectivity index (χ4n) is 1.59. The molecule has 0 aliphatic carbocycles. The molecule has 0 fully saturated rings. The Balaban J connectivity index is 2.59. The molecule has 0 aromatic heterocycles. The van der Waals surface area contributed by atoms with Crippen molar-refractivity contribution in [1.29, 1.82) is 0 Å². The van der Waals surface area contributed by atoms with Crippen LogP contribution in [0.4, 0.5) is 0 Å². The lowest BCUT2D eigenvalue weighted by Gasteiger charge is -2.11. The molecular weight excluding hydrogens is 274 g/mol. The first kappa shape index (κ1) is 16.4. The van der Waals surface area contributed by atoms with Crippen molar-refractivity contribution in [2.75, 3.05) is 0 Å². The lowest BCUT2D eigenvalue weighted by Crippen LogP contribution is -2.40. The van der Waals surface area contributed by atoms with Crippen molar-refractivity contribution in [1.82, 2.24) is 5.32 Å². The van der Waals surface area contributed by atoms with Crippen LogP contribution < -0.4 is 5.32 Å². The van der Waals surface area contributed by atoms with Crippen LogP contribution in [0.2, 0.25) is 0 Å². The Labute approximate surface area is 122 Å². The van der Waals surface area contributed by atoms with E-state index in [-0.39, 0.29) is 12.8 Å². The number of aryl methyl sites for hydroxylation is 1. The normalized spacial score (nSPS) is 12.0. The van der Waals surface area contributed by atoms with E-state index in [1.165, 1.54) is 6.08 Å². The number of rotatable bonds is 7. The van der Waals surface area contributed by atoms with Gasteiger partial charge in [0.25, 0.3) is 0 Å². The van der Waals surface area contributed by atoms with Gasteiger partial charge < -0.3 is 15.5 Å². The van der Waals surface area contributed by atoms with Gasteiger partial charge in [0.1, 0.15) is 6.04 Å². The molecule has 0 bridgehead atoms. The van der Waals surface area contributed by atoms with Crippen LogP contribution >= 0.6 is 0 Å². The molecule has 1 amide bonds. The molecule has 0 spiro atoms. The Morgan fingerprint density at radius 1 is 1.19 bits per heavy atom. The molecule has 21 heavy (non-hydrogen) atoms. The van der Waals surface area contributed by atoms with E-state index in [9.17, 15) is 14.4 Å². The summed E-state index contributed by atoms with van der Waals surface area (Å²) >= 11 is 0. The molecule has 0 radical (unpaired) electrons.